The van der Waals surface area contributed by atoms with Gasteiger partial charge in [0.2, 0.25) is 0 Å². The molecule has 164 valence electrons. The van der Waals surface area contributed by atoms with Gasteiger partial charge < -0.3 is 59.2 Å². The van der Waals surface area contributed by atoms with Crippen LogP contribution in [0, 0.1) is 47.3 Å². The molecule has 0 saturated heterocycles. The van der Waals surface area contributed by atoms with Crippen LogP contribution >= 0.6 is 24.4 Å². The third-order valence-corrected chi connectivity index (χ3v) is 9.62. The van der Waals surface area contributed by atoms with E-state index in [4.69, 9.17) is 59.2 Å². The molecular formula is C22H30O2PtS4. The van der Waals surface area contributed by atoms with Crippen LogP contribution in [0.5, 0.6) is 0 Å². The van der Waals surface area contributed by atoms with Crippen molar-refractivity contribution in [2.75, 3.05) is 0 Å². The van der Waals surface area contributed by atoms with Crippen molar-refractivity contribution in [2.45, 2.75) is 76.4 Å². The summed E-state index contributed by atoms with van der Waals surface area (Å²) in [6, 6.07) is 0. The predicted molar refractivity (Wildman–Crippen MR) is 124 cm³/mol. The molecule has 7 heteroatoms. The van der Waals surface area contributed by atoms with E-state index in [1.54, 1.807) is 0 Å². The van der Waals surface area contributed by atoms with Gasteiger partial charge in [0.25, 0.3) is 0 Å². The van der Waals surface area contributed by atoms with Crippen LogP contribution in [-0.2, 0) is 55.8 Å². The predicted octanol–water partition coefficient (Wildman–Crippen LogP) is 5.32. The first-order valence-corrected chi connectivity index (χ1v) is 12.9. The van der Waals surface area contributed by atoms with Gasteiger partial charge in [-0.15, -0.1) is 0 Å². The van der Waals surface area contributed by atoms with Gasteiger partial charge in [0, 0.05) is 8.77 Å². The van der Waals surface area contributed by atoms with E-state index >= 15 is 0 Å². The molecule has 4 bridgehead atoms. The van der Waals surface area contributed by atoms with Crippen LogP contribution in [0.25, 0.3) is 0 Å². The molecule has 0 unspecified atom stereocenters. The third kappa shape index (κ3) is 4.41. The van der Waals surface area contributed by atoms with Gasteiger partial charge in [0.15, 0.2) is 0 Å². The Kier molecular flexibility index (Phi) is 7.49. The molecule has 0 spiro atoms. The van der Waals surface area contributed by atoms with Crippen molar-refractivity contribution >= 4 is 58.5 Å². The Bertz CT molecular complexity index is 592. The van der Waals surface area contributed by atoms with Crippen LogP contribution in [0.2, 0.25) is 0 Å². The topological polar surface area (TPSA) is 18.5 Å². The Labute approximate surface area is 211 Å². The minimum atomic E-state index is 0. The van der Waals surface area contributed by atoms with Crippen molar-refractivity contribution in [1.29, 1.82) is 0 Å². The van der Waals surface area contributed by atoms with E-state index < -0.39 is 0 Å². The Balaban J connectivity index is 0.000000137. The van der Waals surface area contributed by atoms with Crippen molar-refractivity contribution in [3.05, 3.63) is 0 Å². The molecule has 0 aromatic carbocycles. The average molecular weight is 650 g/mol. The standard InChI is InChI=1S/2C11H16OS2.Pt/c2*13-11(14)12-10-5-6-4-9(10)8-3-1-2-7(6)8;/h2*6-10H,1-5H2,(H,13,14);/q;;+2/p-2/t2*6-,7-,8-,9-,10+;/m11./s1. The quantitative estimate of drug-likeness (QED) is 0.296. The molecule has 6 aliphatic carbocycles. The van der Waals surface area contributed by atoms with E-state index in [1.165, 1.54) is 64.2 Å². The van der Waals surface area contributed by atoms with Gasteiger partial charge in [-0.1, -0.05) is 12.8 Å². The van der Waals surface area contributed by atoms with E-state index in [1.807, 2.05) is 0 Å². The first-order chi connectivity index (χ1) is 13.5. The first-order valence-electron chi connectivity index (χ1n) is 11.3. The van der Waals surface area contributed by atoms with Gasteiger partial charge in [0.05, 0.1) is 12.2 Å². The molecule has 2 nitrogen and oxygen atoms in total. The fraction of sp³-hybridized carbons (Fsp3) is 0.909. The monoisotopic (exact) mass is 649 g/mol. The Morgan fingerprint density at radius 2 is 0.966 bits per heavy atom. The number of ether oxygens (including phenoxy) is 2. The number of fused-ring (bicyclic) bond motifs is 10. The summed E-state index contributed by atoms with van der Waals surface area (Å²) in [5.41, 5.74) is 0. The van der Waals surface area contributed by atoms with E-state index in [-0.39, 0.29) is 21.1 Å². The number of thiocarbonyl (C=S) groups is 2. The molecule has 6 fully saturated rings. The molecule has 0 aliphatic heterocycles. The molecule has 6 saturated carbocycles. The molecule has 0 aromatic heterocycles. The second-order valence-corrected chi connectivity index (χ2v) is 12.1. The summed E-state index contributed by atoms with van der Waals surface area (Å²) in [6.45, 7) is 0. The van der Waals surface area contributed by atoms with E-state index in [0.29, 0.717) is 21.0 Å². The average Bonchev–Trinajstić information content (AvgIpc) is 3.41. The molecule has 10 atom stereocenters. The smallest absolute Gasteiger partial charge is 0.510 e. The van der Waals surface area contributed by atoms with Crippen molar-refractivity contribution in [3.63, 3.8) is 0 Å². The van der Waals surface area contributed by atoms with Gasteiger partial charge in [-0.05, 0) is 98.7 Å². The van der Waals surface area contributed by atoms with Crippen LogP contribution in [0.3, 0.4) is 0 Å². The van der Waals surface area contributed by atoms with Crippen LogP contribution in [-0.4, -0.2) is 21.0 Å². The summed E-state index contributed by atoms with van der Waals surface area (Å²) in [5.74, 6) is 7.38. The second-order valence-electron chi connectivity index (χ2n) is 10.1. The zero-order valence-corrected chi connectivity index (χ0v) is 22.1. The van der Waals surface area contributed by atoms with Gasteiger partial charge in [0.1, 0.15) is 0 Å². The van der Waals surface area contributed by atoms with Gasteiger partial charge in [-0.2, -0.15) is 0 Å². The summed E-state index contributed by atoms with van der Waals surface area (Å²) in [7, 11) is 0. The molecule has 0 heterocycles. The SMILES string of the molecule is S=C([S-])O[C@H]1C[C@H]2C[C@@H]1[C@@H]1CCC[C@H]21.S=C([S-])O[C@H]1C[C@H]2C[C@@H]1[C@@H]1CCC[C@H]21.[Pt+2]. The fourth-order valence-electron chi connectivity index (χ4n) is 8.53. The summed E-state index contributed by atoms with van der Waals surface area (Å²) < 4.78 is 11.9. The number of hydrogen-bond donors (Lipinski definition) is 0. The van der Waals surface area contributed by atoms with Gasteiger partial charge in [-0.3, -0.25) is 0 Å². The van der Waals surface area contributed by atoms with Crippen molar-refractivity contribution in [1.82, 2.24) is 0 Å². The summed E-state index contributed by atoms with van der Waals surface area (Å²) >= 11 is 19.4. The number of hydrogen-bond acceptors (Lipinski definition) is 6. The largest absolute Gasteiger partial charge is 2.00 e. The van der Waals surface area contributed by atoms with Crippen molar-refractivity contribution in [2.24, 2.45) is 47.3 Å². The van der Waals surface area contributed by atoms with Gasteiger partial charge in [-0.25, -0.2) is 0 Å². The van der Waals surface area contributed by atoms with E-state index in [2.05, 4.69) is 0 Å². The second kappa shape index (κ2) is 9.41. The maximum absolute atomic E-state index is 5.60. The number of rotatable bonds is 2. The first kappa shape index (κ1) is 23.1. The van der Waals surface area contributed by atoms with Crippen molar-refractivity contribution in [3.8, 4) is 0 Å². The summed E-state index contributed by atoms with van der Waals surface area (Å²) in [5, 5.41) is 0. The Morgan fingerprint density at radius 1 is 0.586 bits per heavy atom. The van der Waals surface area contributed by atoms with Crippen LogP contribution in [0.1, 0.15) is 64.2 Å². The molecule has 0 aromatic rings. The van der Waals surface area contributed by atoms with Crippen LogP contribution in [0.4, 0.5) is 0 Å². The molecule has 6 aliphatic rings. The van der Waals surface area contributed by atoms with E-state index in [0.717, 1.165) is 47.3 Å². The Hall–Kier alpha value is 0.908. The van der Waals surface area contributed by atoms with Crippen molar-refractivity contribution < 1.29 is 30.5 Å². The summed E-state index contributed by atoms with van der Waals surface area (Å²) in [6.07, 6.45) is 14.6. The molecule has 6 rings (SSSR count). The summed E-state index contributed by atoms with van der Waals surface area (Å²) in [4.78, 5) is 0. The van der Waals surface area contributed by atoms with E-state index in [9.17, 15) is 0 Å². The zero-order valence-electron chi connectivity index (χ0n) is 16.6. The maximum atomic E-state index is 5.60. The Morgan fingerprint density at radius 3 is 1.34 bits per heavy atom. The normalized spacial score (nSPS) is 47.6. The molecular weight excluding hydrogens is 620 g/mol. The minimum absolute atomic E-state index is 0. The van der Waals surface area contributed by atoms with Gasteiger partial charge >= 0.3 is 21.1 Å². The molecule has 0 amide bonds. The fourth-order valence-corrected chi connectivity index (χ4v) is 9.02. The molecule has 0 radical (unpaired) electrons. The van der Waals surface area contributed by atoms with Crippen LogP contribution in [0.15, 0.2) is 0 Å². The minimum Gasteiger partial charge on any atom is -0.510 e. The van der Waals surface area contributed by atoms with Crippen LogP contribution < -0.4 is 0 Å². The third-order valence-electron chi connectivity index (χ3n) is 9.23. The zero-order chi connectivity index (χ0) is 19.4. The molecule has 29 heavy (non-hydrogen) atoms. The maximum Gasteiger partial charge on any atom is 2.00 e. The molecule has 0 N–H and O–H groups in total.